The maximum Gasteiger partial charge on any atom is 0.324 e. The molecule has 1 saturated heterocycles. The Kier molecular flexibility index (Phi) is 6.75. The van der Waals surface area contributed by atoms with E-state index in [-0.39, 0.29) is 23.5 Å². The second-order valence-electron chi connectivity index (χ2n) is 6.05. The van der Waals surface area contributed by atoms with Crippen LogP contribution in [-0.4, -0.2) is 39.7 Å². The van der Waals surface area contributed by atoms with Crippen LogP contribution < -0.4 is 4.72 Å². The van der Waals surface area contributed by atoms with Crippen LogP contribution in [0.15, 0.2) is 41.8 Å². The summed E-state index contributed by atoms with van der Waals surface area (Å²) < 4.78 is 38.7. The molecule has 1 heterocycles. The van der Waals surface area contributed by atoms with Crippen LogP contribution in [-0.2, 0) is 24.3 Å². The lowest BCUT2D eigenvalue weighted by atomic mass is 9.91. The molecule has 1 aromatic carbocycles. The van der Waals surface area contributed by atoms with Crippen LogP contribution in [0.1, 0.15) is 25.3 Å². The second-order valence-corrected chi connectivity index (χ2v) is 7.76. The van der Waals surface area contributed by atoms with E-state index in [0.29, 0.717) is 19.4 Å². The predicted octanol–water partition coefficient (Wildman–Crippen LogP) is 2.19. The van der Waals surface area contributed by atoms with Gasteiger partial charge in [-0.2, -0.15) is 4.72 Å². The number of nitrogens with one attached hydrogen (secondary N) is 1. The van der Waals surface area contributed by atoms with Gasteiger partial charge < -0.3 is 9.47 Å². The van der Waals surface area contributed by atoms with E-state index in [0.717, 1.165) is 5.56 Å². The third kappa shape index (κ3) is 4.90. The highest BCUT2D eigenvalue weighted by molar-refractivity contribution is 7.89. The Hall–Kier alpha value is -1.70. The highest BCUT2D eigenvalue weighted by atomic mass is 32.2. The van der Waals surface area contributed by atoms with Gasteiger partial charge in [-0.3, -0.25) is 4.79 Å². The van der Waals surface area contributed by atoms with Gasteiger partial charge in [0.05, 0.1) is 17.6 Å². The van der Waals surface area contributed by atoms with E-state index in [1.807, 2.05) is 6.92 Å². The third-order valence-electron chi connectivity index (χ3n) is 4.24. The molecule has 138 valence electrons. The lowest BCUT2D eigenvalue weighted by molar-refractivity contribution is -0.147. The highest BCUT2D eigenvalue weighted by Crippen LogP contribution is 2.28. The minimum atomic E-state index is -3.85. The van der Waals surface area contributed by atoms with Gasteiger partial charge in [-0.15, -0.1) is 6.58 Å². The summed E-state index contributed by atoms with van der Waals surface area (Å²) in [6, 6.07) is 5.48. The summed E-state index contributed by atoms with van der Waals surface area (Å²) in [5.41, 5.74) is 0.955. The van der Waals surface area contributed by atoms with E-state index in [2.05, 4.69) is 11.3 Å². The summed E-state index contributed by atoms with van der Waals surface area (Å²) in [7, 11) is -3.85. The molecule has 0 saturated carbocycles. The minimum absolute atomic E-state index is 0.117. The average molecular weight is 367 g/mol. The maximum atomic E-state index is 12.7. The molecule has 1 aromatic rings. The van der Waals surface area contributed by atoms with E-state index in [9.17, 15) is 13.2 Å². The number of ether oxygens (including phenoxy) is 2. The summed E-state index contributed by atoms with van der Waals surface area (Å²) >= 11 is 0. The molecule has 25 heavy (non-hydrogen) atoms. The number of aryl methyl sites for hydroxylation is 1. The summed E-state index contributed by atoms with van der Waals surface area (Å²) in [4.78, 5) is 12.5. The zero-order valence-electron chi connectivity index (χ0n) is 14.6. The van der Waals surface area contributed by atoms with Gasteiger partial charge in [-0.1, -0.05) is 23.8 Å². The molecule has 1 aliphatic rings. The van der Waals surface area contributed by atoms with Crippen molar-refractivity contribution in [2.45, 2.75) is 43.7 Å². The van der Waals surface area contributed by atoms with Crippen molar-refractivity contribution < 1.29 is 22.7 Å². The molecular formula is C18H25NO5S. The van der Waals surface area contributed by atoms with E-state index in [4.69, 9.17) is 9.47 Å². The second kappa shape index (κ2) is 8.60. The van der Waals surface area contributed by atoms with Gasteiger partial charge in [0.1, 0.15) is 6.04 Å². The van der Waals surface area contributed by atoms with Crippen molar-refractivity contribution in [1.29, 1.82) is 0 Å². The number of carbonyl (C=O) groups excluding carboxylic acids is 1. The Morgan fingerprint density at radius 3 is 2.72 bits per heavy atom. The third-order valence-corrected chi connectivity index (χ3v) is 5.70. The van der Waals surface area contributed by atoms with Crippen LogP contribution in [0, 0.1) is 12.8 Å². The van der Waals surface area contributed by atoms with E-state index < -0.39 is 22.0 Å². The summed E-state index contributed by atoms with van der Waals surface area (Å²) in [6.07, 6.45) is 2.58. The van der Waals surface area contributed by atoms with Crippen molar-refractivity contribution in [1.82, 2.24) is 4.72 Å². The van der Waals surface area contributed by atoms with Gasteiger partial charge in [0.25, 0.3) is 0 Å². The quantitative estimate of drug-likeness (QED) is 0.563. The first kappa shape index (κ1) is 19.6. The molecule has 0 unspecified atom stereocenters. The van der Waals surface area contributed by atoms with Crippen molar-refractivity contribution in [2.24, 2.45) is 5.92 Å². The van der Waals surface area contributed by atoms with Crippen LogP contribution in [0.2, 0.25) is 0 Å². The van der Waals surface area contributed by atoms with Crippen molar-refractivity contribution in [3.63, 3.8) is 0 Å². The van der Waals surface area contributed by atoms with Crippen molar-refractivity contribution in [3.8, 4) is 0 Å². The summed E-state index contributed by atoms with van der Waals surface area (Å²) in [5, 5.41) is 0. The fourth-order valence-corrected chi connectivity index (χ4v) is 4.18. The molecule has 2 rings (SSSR count). The molecule has 3 atom stereocenters. The normalized spacial score (nSPS) is 21.7. The predicted molar refractivity (Wildman–Crippen MR) is 94.6 cm³/mol. The standard InChI is InChI=1S/C18H25NO5S/c1-4-6-16-15(11-12-24-16)17(18(20)23-5-2)19-25(21,22)14-9-7-13(3)8-10-14/h4,7-10,15-17,19H,1,5-6,11-12H2,2-3H3/t15-,16+,17-/m1/s1. The first-order valence-electron chi connectivity index (χ1n) is 8.37. The van der Waals surface area contributed by atoms with Crippen molar-refractivity contribution in [3.05, 3.63) is 42.5 Å². The van der Waals surface area contributed by atoms with Crippen molar-refractivity contribution >= 4 is 16.0 Å². The number of benzene rings is 1. The Morgan fingerprint density at radius 1 is 1.44 bits per heavy atom. The largest absolute Gasteiger partial charge is 0.465 e. The number of esters is 1. The zero-order chi connectivity index (χ0) is 18.4. The first-order chi connectivity index (χ1) is 11.9. The minimum Gasteiger partial charge on any atom is -0.465 e. The Morgan fingerprint density at radius 2 is 2.12 bits per heavy atom. The van der Waals surface area contributed by atoms with Crippen LogP contribution in [0.4, 0.5) is 0 Å². The van der Waals surface area contributed by atoms with Crippen LogP contribution in [0.3, 0.4) is 0 Å². The molecule has 0 aliphatic carbocycles. The molecule has 1 aliphatic heterocycles. The average Bonchev–Trinajstić information content (AvgIpc) is 3.01. The lowest BCUT2D eigenvalue weighted by Crippen LogP contribution is -2.49. The Labute approximate surface area is 149 Å². The van der Waals surface area contributed by atoms with Crippen LogP contribution in [0.5, 0.6) is 0 Å². The number of sulfonamides is 1. The zero-order valence-corrected chi connectivity index (χ0v) is 15.4. The molecule has 6 nitrogen and oxygen atoms in total. The van der Waals surface area contributed by atoms with Crippen LogP contribution in [0.25, 0.3) is 0 Å². The summed E-state index contributed by atoms with van der Waals surface area (Å²) in [5.74, 6) is -0.875. The van der Waals surface area contributed by atoms with E-state index in [1.165, 1.54) is 12.1 Å². The van der Waals surface area contributed by atoms with Gasteiger partial charge in [-0.05, 0) is 38.8 Å². The monoisotopic (exact) mass is 367 g/mol. The Balaban J connectivity index is 2.27. The highest BCUT2D eigenvalue weighted by Gasteiger charge is 2.41. The lowest BCUT2D eigenvalue weighted by Gasteiger charge is -2.26. The molecule has 0 bridgehead atoms. The first-order valence-corrected chi connectivity index (χ1v) is 9.85. The topological polar surface area (TPSA) is 81.7 Å². The van der Waals surface area contributed by atoms with E-state index in [1.54, 1.807) is 25.1 Å². The van der Waals surface area contributed by atoms with Gasteiger partial charge >= 0.3 is 5.97 Å². The summed E-state index contributed by atoms with van der Waals surface area (Å²) in [6.45, 7) is 7.92. The smallest absolute Gasteiger partial charge is 0.324 e. The van der Waals surface area contributed by atoms with E-state index >= 15 is 0 Å². The molecule has 0 spiro atoms. The van der Waals surface area contributed by atoms with Gasteiger partial charge in [0.15, 0.2) is 0 Å². The number of carbonyl (C=O) groups is 1. The molecule has 0 aromatic heterocycles. The number of hydrogen-bond acceptors (Lipinski definition) is 5. The van der Waals surface area contributed by atoms with Crippen LogP contribution >= 0.6 is 0 Å². The fourth-order valence-electron chi connectivity index (χ4n) is 2.95. The molecule has 1 fully saturated rings. The molecule has 0 radical (unpaired) electrons. The molecule has 7 heteroatoms. The fraction of sp³-hybridized carbons (Fsp3) is 0.500. The number of hydrogen-bond donors (Lipinski definition) is 1. The Bertz CT molecular complexity index is 699. The number of rotatable bonds is 8. The molecule has 0 amide bonds. The maximum absolute atomic E-state index is 12.7. The van der Waals surface area contributed by atoms with Crippen molar-refractivity contribution in [2.75, 3.05) is 13.2 Å². The molecule has 1 N–H and O–H groups in total. The van der Waals surface area contributed by atoms with Gasteiger partial charge in [0.2, 0.25) is 10.0 Å². The van der Waals surface area contributed by atoms with Gasteiger partial charge in [-0.25, -0.2) is 8.42 Å². The SMILES string of the molecule is C=CC[C@@H]1OCC[C@H]1[C@@H](NS(=O)(=O)c1ccc(C)cc1)C(=O)OCC. The van der Waals surface area contributed by atoms with Gasteiger partial charge in [0, 0.05) is 12.5 Å². The molecular weight excluding hydrogens is 342 g/mol.